The molecule has 0 bridgehead atoms. The predicted molar refractivity (Wildman–Crippen MR) is 71.9 cm³/mol. The van der Waals surface area contributed by atoms with Gasteiger partial charge >= 0.3 is 0 Å². The Morgan fingerprint density at radius 3 is 2.82 bits per heavy atom. The van der Waals surface area contributed by atoms with Crippen molar-refractivity contribution in [2.45, 2.75) is 31.2 Å². The van der Waals surface area contributed by atoms with Crippen LogP contribution in [0.2, 0.25) is 0 Å². The summed E-state index contributed by atoms with van der Waals surface area (Å²) in [5.74, 6) is 0.969. The van der Waals surface area contributed by atoms with Gasteiger partial charge in [0.25, 0.3) is 0 Å². The number of carbonyl (C=O) groups is 1. The molecule has 1 saturated heterocycles. The molecular formula is C13H16BrNO2. The average Bonchev–Trinajstić information content (AvgIpc) is 2.57. The van der Waals surface area contributed by atoms with Crippen LogP contribution in [0.1, 0.15) is 20.3 Å². The number of amides is 1. The quantitative estimate of drug-likeness (QED) is 0.803. The van der Waals surface area contributed by atoms with E-state index >= 15 is 0 Å². The Hall–Kier alpha value is -1.03. The van der Waals surface area contributed by atoms with Gasteiger partial charge in [0.15, 0.2) is 0 Å². The maximum absolute atomic E-state index is 11.8. The van der Waals surface area contributed by atoms with Crippen LogP contribution in [0.4, 0.5) is 5.69 Å². The van der Waals surface area contributed by atoms with Gasteiger partial charge in [0.05, 0.1) is 6.10 Å². The molecule has 1 aromatic carbocycles. The molecule has 0 aliphatic carbocycles. The molecule has 0 spiro atoms. The van der Waals surface area contributed by atoms with Gasteiger partial charge in [0.2, 0.25) is 5.91 Å². The lowest BCUT2D eigenvalue weighted by molar-refractivity contribution is -0.117. The smallest absolute Gasteiger partial charge is 0.228 e. The van der Waals surface area contributed by atoms with Crippen LogP contribution in [-0.4, -0.2) is 23.4 Å². The number of rotatable bonds is 3. The highest BCUT2D eigenvalue weighted by Crippen LogP contribution is 2.28. The van der Waals surface area contributed by atoms with Crippen molar-refractivity contribution >= 4 is 27.5 Å². The SMILES string of the molecule is CC(C)Oc1cccc(N2CC(Br)CC2=O)c1. The Bertz CT molecular complexity index is 420. The fourth-order valence-corrected chi connectivity index (χ4v) is 2.48. The van der Waals surface area contributed by atoms with E-state index in [1.807, 2.05) is 38.1 Å². The van der Waals surface area contributed by atoms with Crippen molar-refractivity contribution in [1.82, 2.24) is 0 Å². The van der Waals surface area contributed by atoms with Gasteiger partial charge in [-0.1, -0.05) is 22.0 Å². The van der Waals surface area contributed by atoms with Crippen LogP contribution < -0.4 is 9.64 Å². The molecule has 17 heavy (non-hydrogen) atoms. The molecule has 1 heterocycles. The minimum atomic E-state index is 0.142. The molecule has 1 fully saturated rings. The van der Waals surface area contributed by atoms with Crippen LogP contribution in [0.5, 0.6) is 5.75 Å². The van der Waals surface area contributed by atoms with Crippen molar-refractivity contribution in [3.8, 4) is 5.75 Å². The summed E-state index contributed by atoms with van der Waals surface area (Å²) in [6, 6.07) is 7.69. The van der Waals surface area contributed by atoms with E-state index in [2.05, 4.69) is 15.9 Å². The number of hydrogen-bond donors (Lipinski definition) is 0. The largest absolute Gasteiger partial charge is 0.491 e. The minimum absolute atomic E-state index is 0.142. The van der Waals surface area contributed by atoms with Crippen LogP contribution in [0.25, 0.3) is 0 Å². The second kappa shape index (κ2) is 5.08. The summed E-state index contributed by atoms with van der Waals surface area (Å²) in [5, 5.41) is 0. The van der Waals surface area contributed by atoms with E-state index in [4.69, 9.17) is 4.74 Å². The van der Waals surface area contributed by atoms with Crippen molar-refractivity contribution in [1.29, 1.82) is 0 Å². The van der Waals surface area contributed by atoms with Gasteiger partial charge in [-0.15, -0.1) is 0 Å². The number of hydrogen-bond acceptors (Lipinski definition) is 2. The molecule has 0 aromatic heterocycles. The molecule has 1 amide bonds. The molecule has 3 nitrogen and oxygen atoms in total. The molecule has 4 heteroatoms. The first-order valence-electron chi connectivity index (χ1n) is 5.77. The fraction of sp³-hybridized carbons (Fsp3) is 0.462. The van der Waals surface area contributed by atoms with Crippen LogP contribution in [0.15, 0.2) is 24.3 Å². The van der Waals surface area contributed by atoms with Gasteiger partial charge in [-0.25, -0.2) is 0 Å². The Morgan fingerprint density at radius 2 is 2.24 bits per heavy atom. The first-order chi connectivity index (χ1) is 8.06. The molecule has 1 unspecified atom stereocenters. The normalized spacial score (nSPS) is 20.1. The molecule has 0 radical (unpaired) electrons. The van der Waals surface area contributed by atoms with Crippen LogP contribution in [0, 0.1) is 0 Å². The molecular weight excluding hydrogens is 282 g/mol. The van der Waals surface area contributed by atoms with Crippen LogP contribution >= 0.6 is 15.9 Å². The predicted octanol–water partition coefficient (Wildman–Crippen LogP) is 2.97. The van der Waals surface area contributed by atoms with E-state index in [-0.39, 0.29) is 16.8 Å². The lowest BCUT2D eigenvalue weighted by Gasteiger charge is -2.17. The van der Waals surface area contributed by atoms with E-state index in [0.29, 0.717) is 6.42 Å². The summed E-state index contributed by atoms with van der Waals surface area (Å²) in [6.07, 6.45) is 0.707. The number of benzene rings is 1. The van der Waals surface area contributed by atoms with Gasteiger partial charge in [-0.2, -0.15) is 0 Å². The standard InChI is InChI=1S/C13H16BrNO2/c1-9(2)17-12-5-3-4-11(7-12)15-8-10(14)6-13(15)16/h3-5,7,9-10H,6,8H2,1-2H3. The fourth-order valence-electron chi connectivity index (χ4n) is 1.91. The lowest BCUT2D eigenvalue weighted by atomic mass is 10.2. The number of ether oxygens (including phenoxy) is 1. The van der Waals surface area contributed by atoms with Crippen molar-refractivity contribution in [3.63, 3.8) is 0 Å². The summed E-state index contributed by atoms with van der Waals surface area (Å²) in [7, 11) is 0. The minimum Gasteiger partial charge on any atom is -0.491 e. The number of carbonyl (C=O) groups excluding carboxylic acids is 1. The van der Waals surface area contributed by atoms with Crippen molar-refractivity contribution in [3.05, 3.63) is 24.3 Å². The molecule has 92 valence electrons. The number of anilines is 1. The lowest BCUT2D eigenvalue weighted by Crippen LogP contribution is -2.24. The zero-order valence-corrected chi connectivity index (χ0v) is 11.6. The summed E-state index contributed by atoms with van der Waals surface area (Å²) in [4.78, 5) is 13.8. The van der Waals surface area contributed by atoms with Crippen molar-refractivity contribution < 1.29 is 9.53 Å². The van der Waals surface area contributed by atoms with Crippen molar-refractivity contribution in [2.75, 3.05) is 11.4 Å². The summed E-state index contributed by atoms with van der Waals surface area (Å²) in [6.45, 7) is 4.70. The zero-order chi connectivity index (χ0) is 12.4. The van der Waals surface area contributed by atoms with Crippen LogP contribution in [0.3, 0.4) is 0 Å². The molecule has 0 N–H and O–H groups in total. The average molecular weight is 298 g/mol. The Kier molecular flexibility index (Phi) is 3.72. The summed E-state index contributed by atoms with van der Waals surface area (Å²) < 4.78 is 5.63. The first-order valence-corrected chi connectivity index (χ1v) is 6.69. The van der Waals surface area contributed by atoms with E-state index in [0.717, 1.165) is 18.0 Å². The number of alkyl halides is 1. The van der Waals surface area contributed by atoms with E-state index in [1.54, 1.807) is 4.90 Å². The van der Waals surface area contributed by atoms with Gasteiger partial charge < -0.3 is 9.64 Å². The molecule has 1 atom stereocenters. The molecule has 0 saturated carbocycles. The molecule has 2 rings (SSSR count). The molecule has 1 aromatic rings. The highest BCUT2D eigenvalue weighted by Gasteiger charge is 2.28. The van der Waals surface area contributed by atoms with Gasteiger partial charge in [0.1, 0.15) is 5.75 Å². The molecule has 1 aliphatic rings. The Morgan fingerprint density at radius 1 is 1.47 bits per heavy atom. The van der Waals surface area contributed by atoms with Gasteiger partial charge in [0, 0.05) is 29.5 Å². The Balaban J connectivity index is 2.18. The Labute approximate surface area is 110 Å². The van der Waals surface area contributed by atoms with Crippen molar-refractivity contribution in [2.24, 2.45) is 0 Å². The van der Waals surface area contributed by atoms with Crippen LogP contribution in [-0.2, 0) is 4.79 Å². The maximum atomic E-state index is 11.8. The number of halogens is 1. The summed E-state index contributed by atoms with van der Waals surface area (Å²) >= 11 is 3.48. The van der Waals surface area contributed by atoms with E-state index in [1.165, 1.54) is 0 Å². The second-order valence-electron chi connectivity index (χ2n) is 4.47. The third kappa shape index (κ3) is 3.00. The topological polar surface area (TPSA) is 29.5 Å². The van der Waals surface area contributed by atoms with Gasteiger partial charge in [-0.05, 0) is 26.0 Å². The van der Waals surface area contributed by atoms with E-state index in [9.17, 15) is 4.79 Å². The second-order valence-corrected chi connectivity index (χ2v) is 5.76. The highest BCUT2D eigenvalue weighted by atomic mass is 79.9. The molecule has 1 aliphatic heterocycles. The summed E-state index contributed by atoms with van der Waals surface area (Å²) in [5.41, 5.74) is 0.912. The van der Waals surface area contributed by atoms with Gasteiger partial charge in [-0.3, -0.25) is 4.79 Å². The first kappa shape index (κ1) is 12.4. The third-order valence-electron chi connectivity index (χ3n) is 2.58. The maximum Gasteiger partial charge on any atom is 0.228 e. The monoisotopic (exact) mass is 297 g/mol. The zero-order valence-electron chi connectivity index (χ0n) is 10.0. The van der Waals surface area contributed by atoms with E-state index < -0.39 is 0 Å². The third-order valence-corrected chi connectivity index (χ3v) is 3.19. The highest BCUT2D eigenvalue weighted by molar-refractivity contribution is 9.09. The number of nitrogens with zero attached hydrogens (tertiary/aromatic N) is 1.